The fourth-order valence-corrected chi connectivity index (χ4v) is 3.52. The van der Waals surface area contributed by atoms with Gasteiger partial charge in [0.25, 0.3) is 11.8 Å². The van der Waals surface area contributed by atoms with Gasteiger partial charge in [-0.15, -0.1) is 0 Å². The Balaban J connectivity index is 1.34. The third-order valence-corrected chi connectivity index (χ3v) is 5.15. The molecule has 4 rings (SSSR count). The SMILES string of the molecule is O=C(NC1CCN(C(=O)c2ccco2)CC1)c1cc(-c2ccccc2Cl)n[nH]1. The molecule has 1 aromatic carbocycles. The Morgan fingerprint density at radius 2 is 1.96 bits per heavy atom. The number of rotatable bonds is 4. The van der Waals surface area contributed by atoms with Crippen LogP contribution in [-0.4, -0.2) is 46.0 Å². The van der Waals surface area contributed by atoms with Crippen LogP contribution in [0.2, 0.25) is 5.02 Å². The van der Waals surface area contributed by atoms with E-state index in [1.807, 2.05) is 18.2 Å². The molecule has 3 aromatic rings. The molecule has 144 valence electrons. The van der Waals surface area contributed by atoms with Gasteiger partial charge in [-0.25, -0.2) is 0 Å². The van der Waals surface area contributed by atoms with Crippen LogP contribution in [0.25, 0.3) is 11.3 Å². The molecule has 1 saturated heterocycles. The summed E-state index contributed by atoms with van der Waals surface area (Å²) in [6.07, 6.45) is 2.86. The molecule has 0 aliphatic carbocycles. The molecule has 2 N–H and O–H groups in total. The average Bonchev–Trinajstić information content (AvgIpc) is 3.41. The number of hydrogen-bond acceptors (Lipinski definition) is 4. The number of furan rings is 1. The average molecular weight is 399 g/mol. The molecule has 28 heavy (non-hydrogen) atoms. The van der Waals surface area contributed by atoms with E-state index in [0.717, 1.165) is 5.56 Å². The van der Waals surface area contributed by atoms with Crippen molar-refractivity contribution in [1.29, 1.82) is 0 Å². The van der Waals surface area contributed by atoms with Crippen LogP contribution in [0.4, 0.5) is 0 Å². The van der Waals surface area contributed by atoms with Crippen LogP contribution in [-0.2, 0) is 0 Å². The summed E-state index contributed by atoms with van der Waals surface area (Å²) in [7, 11) is 0. The molecule has 0 spiro atoms. The number of nitrogens with one attached hydrogen (secondary N) is 2. The number of nitrogens with zero attached hydrogens (tertiary/aromatic N) is 2. The summed E-state index contributed by atoms with van der Waals surface area (Å²) in [6.45, 7) is 1.14. The second-order valence-corrected chi connectivity index (χ2v) is 7.07. The van der Waals surface area contributed by atoms with Crippen molar-refractivity contribution < 1.29 is 14.0 Å². The first-order chi connectivity index (χ1) is 13.6. The second kappa shape index (κ2) is 7.90. The number of halogens is 1. The van der Waals surface area contributed by atoms with E-state index in [0.29, 0.717) is 48.1 Å². The highest BCUT2D eigenvalue weighted by Crippen LogP contribution is 2.26. The predicted octanol–water partition coefficient (Wildman–Crippen LogP) is 3.36. The molecular formula is C20H19ClN4O3. The number of amides is 2. The van der Waals surface area contributed by atoms with Crippen LogP contribution in [0.15, 0.2) is 53.1 Å². The largest absolute Gasteiger partial charge is 0.459 e. The standard InChI is InChI=1S/C20H19ClN4O3/c21-15-5-2-1-4-14(15)16-12-17(24-23-16)19(26)22-13-7-9-25(10-8-13)20(27)18-6-3-11-28-18/h1-6,11-13H,7-10H2,(H,22,26)(H,23,24). The van der Waals surface area contributed by atoms with Gasteiger partial charge in [0.05, 0.1) is 17.0 Å². The number of H-pyrrole nitrogens is 1. The van der Waals surface area contributed by atoms with Crippen molar-refractivity contribution >= 4 is 23.4 Å². The lowest BCUT2D eigenvalue weighted by Crippen LogP contribution is -2.46. The first kappa shape index (κ1) is 18.3. The molecule has 2 aromatic heterocycles. The normalized spacial score (nSPS) is 14.8. The molecule has 3 heterocycles. The lowest BCUT2D eigenvalue weighted by molar-refractivity contribution is 0.0667. The topological polar surface area (TPSA) is 91.2 Å². The second-order valence-electron chi connectivity index (χ2n) is 6.66. The van der Waals surface area contributed by atoms with E-state index in [1.54, 1.807) is 29.2 Å². The van der Waals surface area contributed by atoms with Gasteiger partial charge in [-0.1, -0.05) is 29.8 Å². The number of aromatic amines is 1. The van der Waals surface area contributed by atoms with E-state index >= 15 is 0 Å². The quantitative estimate of drug-likeness (QED) is 0.705. The Kier molecular flexibility index (Phi) is 5.16. The molecule has 0 atom stereocenters. The third kappa shape index (κ3) is 3.80. The van der Waals surface area contributed by atoms with Crippen LogP contribution in [0, 0.1) is 0 Å². The molecule has 0 unspecified atom stereocenters. The molecule has 1 fully saturated rings. The van der Waals surface area contributed by atoms with Gasteiger partial charge in [-0.3, -0.25) is 14.7 Å². The minimum atomic E-state index is -0.221. The molecule has 7 nitrogen and oxygen atoms in total. The summed E-state index contributed by atoms with van der Waals surface area (Å²) >= 11 is 6.19. The summed E-state index contributed by atoms with van der Waals surface area (Å²) in [6, 6.07) is 12.4. The number of benzene rings is 1. The van der Waals surface area contributed by atoms with Gasteiger partial charge < -0.3 is 14.6 Å². The molecule has 0 radical (unpaired) electrons. The summed E-state index contributed by atoms with van der Waals surface area (Å²) in [4.78, 5) is 26.6. The number of carbonyl (C=O) groups excluding carboxylic acids is 2. The van der Waals surface area contributed by atoms with Crippen molar-refractivity contribution in [3.8, 4) is 11.3 Å². The Morgan fingerprint density at radius 3 is 2.68 bits per heavy atom. The van der Waals surface area contributed by atoms with Crippen molar-refractivity contribution in [2.75, 3.05) is 13.1 Å². The summed E-state index contributed by atoms with van der Waals surface area (Å²) in [5.74, 6) is 0.00129. The first-order valence-electron chi connectivity index (χ1n) is 9.06. The molecular weight excluding hydrogens is 380 g/mol. The van der Waals surface area contributed by atoms with Crippen molar-refractivity contribution in [1.82, 2.24) is 20.4 Å². The van der Waals surface area contributed by atoms with Gasteiger partial charge in [0.2, 0.25) is 0 Å². The highest BCUT2D eigenvalue weighted by molar-refractivity contribution is 6.33. The minimum absolute atomic E-state index is 0.000198. The third-order valence-electron chi connectivity index (χ3n) is 4.82. The van der Waals surface area contributed by atoms with Gasteiger partial charge in [-0.05, 0) is 37.1 Å². The summed E-state index contributed by atoms with van der Waals surface area (Å²) in [5.41, 5.74) is 1.77. The number of piperidine rings is 1. The number of likely N-dealkylation sites (tertiary alicyclic amines) is 1. The van der Waals surface area contributed by atoms with E-state index in [2.05, 4.69) is 15.5 Å². The van der Waals surface area contributed by atoms with Crippen LogP contribution in [0.3, 0.4) is 0 Å². The minimum Gasteiger partial charge on any atom is -0.459 e. The van der Waals surface area contributed by atoms with Crippen molar-refractivity contribution in [3.05, 3.63) is 65.2 Å². The van der Waals surface area contributed by atoms with Crippen molar-refractivity contribution in [3.63, 3.8) is 0 Å². The maximum Gasteiger partial charge on any atom is 0.289 e. The van der Waals surface area contributed by atoms with Gasteiger partial charge in [0.1, 0.15) is 5.69 Å². The number of hydrogen-bond donors (Lipinski definition) is 2. The maximum absolute atomic E-state index is 12.5. The van der Waals surface area contributed by atoms with E-state index in [9.17, 15) is 9.59 Å². The van der Waals surface area contributed by atoms with Gasteiger partial charge in [0.15, 0.2) is 5.76 Å². The van der Waals surface area contributed by atoms with Crippen molar-refractivity contribution in [2.45, 2.75) is 18.9 Å². The molecule has 0 bridgehead atoms. The van der Waals surface area contributed by atoms with Crippen LogP contribution in [0.1, 0.15) is 33.9 Å². The molecule has 1 aliphatic heterocycles. The van der Waals surface area contributed by atoms with E-state index in [1.165, 1.54) is 6.26 Å². The zero-order valence-corrected chi connectivity index (χ0v) is 15.8. The predicted molar refractivity (Wildman–Crippen MR) is 104 cm³/mol. The molecule has 1 aliphatic rings. The molecule has 0 saturated carbocycles. The van der Waals surface area contributed by atoms with E-state index < -0.39 is 0 Å². The van der Waals surface area contributed by atoms with E-state index in [-0.39, 0.29) is 17.9 Å². The smallest absolute Gasteiger partial charge is 0.289 e. The fraction of sp³-hybridized carbons (Fsp3) is 0.250. The Morgan fingerprint density at radius 1 is 1.18 bits per heavy atom. The van der Waals surface area contributed by atoms with Crippen LogP contribution in [0.5, 0.6) is 0 Å². The lowest BCUT2D eigenvalue weighted by atomic mass is 10.0. The van der Waals surface area contributed by atoms with E-state index in [4.69, 9.17) is 16.0 Å². The van der Waals surface area contributed by atoms with Crippen LogP contribution < -0.4 is 5.32 Å². The van der Waals surface area contributed by atoms with Gasteiger partial charge in [-0.2, -0.15) is 5.10 Å². The van der Waals surface area contributed by atoms with Crippen molar-refractivity contribution in [2.24, 2.45) is 0 Å². The first-order valence-corrected chi connectivity index (χ1v) is 9.43. The molecule has 8 heteroatoms. The number of aromatic nitrogens is 2. The molecule has 2 amide bonds. The Labute approximate surface area is 166 Å². The highest BCUT2D eigenvalue weighted by Gasteiger charge is 2.26. The highest BCUT2D eigenvalue weighted by atomic mass is 35.5. The van der Waals surface area contributed by atoms with Crippen LogP contribution >= 0.6 is 11.6 Å². The fourth-order valence-electron chi connectivity index (χ4n) is 3.29. The van der Waals surface area contributed by atoms with Gasteiger partial charge in [0, 0.05) is 24.7 Å². The summed E-state index contributed by atoms with van der Waals surface area (Å²) in [5, 5.41) is 10.5. The number of carbonyl (C=O) groups is 2. The zero-order valence-electron chi connectivity index (χ0n) is 15.0. The monoisotopic (exact) mass is 398 g/mol. The summed E-state index contributed by atoms with van der Waals surface area (Å²) < 4.78 is 5.16. The Hall–Kier alpha value is -3.06. The zero-order chi connectivity index (χ0) is 19.5. The maximum atomic E-state index is 12.5. The lowest BCUT2D eigenvalue weighted by Gasteiger charge is -2.31. The Bertz CT molecular complexity index is 975. The van der Waals surface area contributed by atoms with Gasteiger partial charge >= 0.3 is 0 Å².